The summed E-state index contributed by atoms with van der Waals surface area (Å²) >= 11 is 1.61. The number of hydrogen-bond donors (Lipinski definition) is 1. The molecule has 1 atom stereocenters. The zero-order chi connectivity index (χ0) is 20.5. The van der Waals surface area contributed by atoms with E-state index in [-0.39, 0.29) is 11.5 Å². The van der Waals surface area contributed by atoms with Crippen molar-refractivity contribution in [2.75, 3.05) is 13.1 Å². The first-order chi connectivity index (χ1) is 14.7. The Labute approximate surface area is 177 Å². The van der Waals surface area contributed by atoms with Crippen LogP contribution in [0.15, 0.2) is 54.3 Å². The maximum Gasteiger partial charge on any atom is 0.193 e. The molecular weight excluding hydrogens is 404 g/mol. The summed E-state index contributed by atoms with van der Waals surface area (Å²) in [6.07, 6.45) is 7.46. The fourth-order valence-corrected chi connectivity index (χ4v) is 4.91. The van der Waals surface area contributed by atoms with E-state index in [9.17, 15) is 8.78 Å². The molecule has 1 aromatic carbocycles. The van der Waals surface area contributed by atoms with Crippen molar-refractivity contribution in [1.29, 1.82) is 0 Å². The fourth-order valence-electron chi connectivity index (χ4n) is 4.26. The first kappa shape index (κ1) is 19.1. The van der Waals surface area contributed by atoms with Gasteiger partial charge in [0.25, 0.3) is 0 Å². The predicted octanol–water partition coefficient (Wildman–Crippen LogP) is 4.98. The second-order valence-electron chi connectivity index (χ2n) is 7.58. The van der Waals surface area contributed by atoms with Gasteiger partial charge in [-0.15, -0.1) is 11.3 Å². The monoisotopic (exact) mass is 425 g/mol. The molecule has 1 unspecified atom stereocenters. The van der Waals surface area contributed by atoms with E-state index in [1.807, 2.05) is 23.8 Å². The van der Waals surface area contributed by atoms with Crippen LogP contribution in [0.25, 0.3) is 16.3 Å². The molecule has 4 heterocycles. The number of H-pyrrole nitrogens is 1. The molecule has 5 rings (SSSR count). The lowest BCUT2D eigenvalue weighted by Gasteiger charge is -2.32. The SMILES string of the molecule is Fc1ccc(F)c(-c2cn[nH]c2C2CCCN(Cc3cccn3-c3nccs3)C2)c1. The molecule has 0 spiro atoms. The van der Waals surface area contributed by atoms with Crippen molar-refractivity contribution in [2.45, 2.75) is 25.3 Å². The Morgan fingerprint density at radius 2 is 2.13 bits per heavy atom. The molecule has 0 radical (unpaired) electrons. The molecule has 3 aromatic heterocycles. The van der Waals surface area contributed by atoms with Gasteiger partial charge >= 0.3 is 0 Å². The van der Waals surface area contributed by atoms with Crippen LogP contribution in [-0.2, 0) is 6.54 Å². The predicted molar refractivity (Wildman–Crippen MR) is 113 cm³/mol. The molecular formula is C22H21F2N5S. The Balaban J connectivity index is 1.37. The van der Waals surface area contributed by atoms with Crippen LogP contribution in [0.4, 0.5) is 8.78 Å². The highest BCUT2D eigenvalue weighted by atomic mass is 32.1. The molecule has 8 heteroatoms. The molecule has 1 saturated heterocycles. The van der Waals surface area contributed by atoms with E-state index in [0.29, 0.717) is 5.56 Å². The van der Waals surface area contributed by atoms with Crippen LogP contribution < -0.4 is 0 Å². The highest BCUT2D eigenvalue weighted by Gasteiger charge is 2.26. The number of nitrogens with one attached hydrogen (secondary N) is 1. The summed E-state index contributed by atoms with van der Waals surface area (Å²) in [5.74, 6) is -0.707. The van der Waals surface area contributed by atoms with E-state index < -0.39 is 11.6 Å². The van der Waals surface area contributed by atoms with Crippen LogP contribution >= 0.6 is 11.3 Å². The van der Waals surface area contributed by atoms with Crippen LogP contribution in [0.2, 0.25) is 0 Å². The minimum Gasteiger partial charge on any atom is -0.297 e. The minimum absolute atomic E-state index is 0.183. The van der Waals surface area contributed by atoms with Crippen LogP contribution in [-0.4, -0.2) is 37.7 Å². The highest BCUT2D eigenvalue weighted by molar-refractivity contribution is 7.12. The number of piperidine rings is 1. The van der Waals surface area contributed by atoms with Gasteiger partial charge in [0, 0.05) is 59.3 Å². The van der Waals surface area contributed by atoms with E-state index in [2.05, 4.69) is 30.7 Å². The van der Waals surface area contributed by atoms with Crippen molar-refractivity contribution in [1.82, 2.24) is 24.6 Å². The van der Waals surface area contributed by atoms with Gasteiger partial charge in [-0.05, 0) is 49.7 Å². The van der Waals surface area contributed by atoms with Crippen molar-refractivity contribution in [3.05, 3.63) is 77.3 Å². The topological polar surface area (TPSA) is 49.7 Å². The van der Waals surface area contributed by atoms with Gasteiger partial charge in [-0.1, -0.05) is 0 Å². The third-order valence-electron chi connectivity index (χ3n) is 5.65. The quantitative estimate of drug-likeness (QED) is 0.491. The normalized spacial score (nSPS) is 17.5. The lowest BCUT2D eigenvalue weighted by atomic mass is 9.90. The summed E-state index contributed by atoms with van der Waals surface area (Å²) in [4.78, 5) is 6.82. The molecule has 0 amide bonds. The van der Waals surface area contributed by atoms with E-state index in [1.54, 1.807) is 17.5 Å². The van der Waals surface area contributed by atoms with E-state index in [0.717, 1.165) is 49.4 Å². The van der Waals surface area contributed by atoms with Gasteiger partial charge in [0.05, 0.1) is 6.20 Å². The molecule has 1 aliphatic rings. The third kappa shape index (κ3) is 3.68. The van der Waals surface area contributed by atoms with Gasteiger partial charge in [-0.2, -0.15) is 5.10 Å². The molecule has 0 aliphatic carbocycles. The molecule has 154 valence electrons. The van der Waals surface area contributed by atoms with Crippen molar-refractivity contribution < 1.29 is 8.78 Å². The molecule has 0 saturated carbocycles. The largest absolute Gasteiger partial charge is 0.297 e. The lowest BCUT2D eigenvalue weighted by Crippen LogP contribution is -2.34. The van der Waals surface area contributed by atoms with Gasteiger partial charge in [-0.25, -0.2) is 13.8 Å². The summed E-state index contributed by atoms with van der Waals surface area (Å²) in [5, 5.41) is 10.1. The van der Waals surface area contributed by atoms with Gasteiger partial charge in [0.1, 0.15) is 11.6 Å². The summed E-state index contributed by atoms with van der Waals surface area (Å²) in [7, 11) is 0. The van der Waals surface area contributed by atoms with Crippen LogP contribution in [0, 0.1) is 11.6 Å². The molecule has 1 aliphatic heterocycles. The Morgan fingerprint density at radius 1 is 1.20 bits per heavy atom. The van der Waals surface area contributed by atoms with Crippen molar-refractivity contribution in [2.24, 2.45) is 0 Å². The summed E-state index contributed by atoms with van der Waals surface area (Å²) in [5.41, 5.74) is 2.96. The van der Waals surface area contributed by atoms with E-state index in [1.165, 1.54) is 17.8 Å². The first-order valence-corrected chi connectivity index (χ1v) is 10.8. The number of aromatic amines is 1. The molecule has 0 bridgehead atoms. The number of aromatic nitrogens is 4. The van der Waals surface area contributed by atoms with E-state index in [4.69, 9.17) is 0 Å². The van der Waals surface area contributed by atoms with Crippen molar-refractivity contribution >= 4 is 11.3 Å². The average Bonchev–Trinajstić information content (AvgIpc) is 3.51. The van der Waals surface area contributed by atoms with Gasteiger partial charge in [-0.3, -0.25) is 14.6 Å². The van der Waals surface area contributed by atoms with Crippen LogP contribution in [0.3, 0.4) is 0 Å². The average molecular weight is 426 g/mol. The number of rotatable bonds is 5. The summed E-state index contributed by atoms with van der Waals surface area (Å²) < 4.78 is 30.2. The summed E-state index contributed by atoms with van der Waals surface area (Å²) in [6, 6.07) is 7.71. The third-order valence-corrected chi connectivity index (χ3v) is 6.42. The smallest absolute Gasteiger partial charge is 0.193 e. The Morgan fingerprint density at radius 3 is 3.00 bits per heavy atom. The number of halogens is 2. The number of hydrogen-bond acceptors (Lipinski definition) is 4. The van der Waals surface area contributed by atoms with Gasteiger partial charge in [0.2, 0.25) is 0 Å². The zero-order valence-electron chi connectivity index (χ0n) is 16.3. The second kappa shape index (κ2) is 8.12. The number of thiazole rings is 1. The molecule has 30 heavy (non-hydrogen) atoms. The number of nitrogens with zero attached hydrogens (tertiary/aromatic N) is 4. The van der Waals surface area contributed by atoms with Crippen molar-refractivity contribution in [3.8, 4) is 16.3 Å². The van der Waals surface area contributed by atoms with Gasteiger partial charge in [0.15, 0.2) is 5.13 Å². The minimum atomic E-state index is -0.452. The zero-order valence-corrected chi connectivity index (χ0v) is 17.1. The maximum atomic E-state index is 14.4. The maximum absolute atomic E-state index is 14.4. The van der Waals surface area contributed by atoms with Crippen molar-refractivity contribution in [3.63, 3.8) is 0 Å². The first-order valence-electron chi connectivity index (χ1n) is 9.96. The standard InChI is InChI=1S/C22H21F2N5S/c23-16-5-6-20(24)18(11-16)19-12-26-27-21(19)15-3-1-8-28(13-15)14-17-4-2-9-29(17)22-25-7-10-30-22/h2,4-7,9-12,15H,1,3,8,13-14H2,(H,26,27). The van der Waals surface area contributed by atoms with Crippen LogP contribution in [0.5, 0.6) is 0 Å². The Kier molecular flexibility index (Phi) is 5.18. The molecule has 1 N–H and O–H groups in total. The van der Waals surface area contributed by atoms with E-state index >= 15 is 0 Å². The Hall–Kier alpha value is -2.84. The summed E-state index contributed by atoms with van der Waals surface area (Å²) in [6.45, 7) is 2.63. The van der Waals surface area contributed by atoms with Gasteiger partial charge < -0.3 is 0 Å². The highest BCUT2D eigenvalue weighted by Crippen LogP contribution is 2.35. The second-order valence-corrected chi connectivity index (χ2v) is 8.45. The Bertz CT molecular complexity index is 1130. The number of likely N-dealkylation sites (tertiary alicyclic amines) is 1. The molecule has 1 fully saturated rings. The number of benzene rings is 1. The molecule has 4 aromatic rings. The lowest BCUT2D eigenvalue weighted by molar-refractivity contribution is 0.196. The molecule has 5 nitrogen and oxygen atoms in total. The fraction of sp³-hybridized carbons (Fsp3) is 0.273. The van der Waals surface area contributed by atoms with Crippen LogP contribution in [0.1, 0.15) is 30.1 Å².